The molecule has 2 aromatic rings. The second-order valence-electron chi connectivity index (χ2n) is 3.18. The molecule has 0 aliphatic rings. The largest absolute Gasteiger partial charge is 0.345 e. The van der Waals surface area contributed by atoms with Crippen LogP contribution in [0.15, 0.2) is 11.4 Å². The number of thioether (sulfide) groups is 1. The lowest BCUT2D eigenvalue weighted by molar-refractivity contribution is -0.380. The molecule has 0 aliphatic carbocycles. The molecule has 2 rings (SSSR count). The first-order chi connectivity index (χ1) is 9.06. The Morgan fingerprint density at radius 3 is 3.05 bits per heavy atom. The maximum Gasteiger partial charge on any atom is 0.345 e. The Bertz CT molecular complexity index is 609. The van der Waals surface area contributed by atoms with Gasteiger partial charge >= 0.3 is 5.00 Å². The highest BCUT2D eigenvalue weighted by atomic mass is 32.2. The summed E-state index contributed by atoms with van der Waals surface area (Å²) in [6, 6.07) is 0. The van der Waals surface area contributed by atoms with Gasteiger partial charge in [0.25, 0.3) is 0 Å². The van der Waals surface area contributed by atoms with Gasteiger partial charge in [-0.1, -0.05) is 11.8 Å². The molecule has 1 amide bonds. The van der Waals surface area contributed by atoms with Crippen LogP contribution in [-0.2, 0) is 11.8 Å². The molecule has 0 radical (unpaired) electrons. The number of rotatable bonds is 5. The molecule has 1 N–H and O–H groups in total. The third kappa shape index (κ3) is 3.45. The van der Waals surface area contributed by atoms with Crippen molar-refractivity contribution in [3.63, 3.8) is 0 Å². The lowest BCUT2D eigenvalue weighted by atomic mass is 10.7. The highest BCUT2D eigenvalue weighted by molar-refractivity contribution is 7.99. The number of hydrogen-bond donors (Lipinski definition) is 1. The molecule has 0 atom stereocenters. The summed E-state index contributed by atoms with van der Waals surface area (Å²) in [5.41, 5.74) is 0. The molecule has 2 heterocycles. The Balaban J connectivity index is 1.87. The maximum atomic E-state index is 11.6. The summed E-state index contributed by atoms with van der Waals surface area (Å²) in [7, 11) is 1.66. The minimum Gasteiger partial charge on any atom is -0.301 e. The van der Waals surface area contributed by atoms with E-state index in [0.717, 1.165) is 29.3 Å². The van der Waals surface area contributed by atoms with E-state index in [0.29, 0.717) is 5.16 Å². The van der Waals surface area contributed by atoms with Crippen LogP contribution in [0.2, 0.25) is 0 Å². The molecule has 19 heavy (non-hydrogen) atoms. The van der Waals surface area contributed by atoms with Crippen LogP contribution >= 0.6 is 23.1 Å². The number of tetrazole rings is 1. The number of amides is 1. The SMILES string of the molecule is Cn1nnnc1SCC(=O)Nc1ncc([N+](=O)[O-])s1. The van der Waals surface area contributed by atoms with Crippen LogP contribution in [0.25, 0.3) is 0 Å². The van der Waals surface area contributed by atoms with Crippen molar-refractivity contribution in [2.24, 2.45) is 7.05 Å². The van der Waals surface area contributed by atoms with E-state index in [4.69, 9.17) is 0 Å². The monoisotopic (exact) mass is 301 g/mol. The summed E-state index contributed by atoms with van der Waals surface area (Å²) in [6.45, 7) is 0. The van der Waals surface area contributed by atoms with Crippen LogP contribution in [0, 0.1) is 10.1 Å². The van der Waals surface area contributed by atoms with Gasteiger partial charge in [0.1, 0.15) is 6.20 Å². The van der Waals surface area contributed by atoms with E-state index in [-0.39, 0.29) is 21.8 Å². The summed E-state index contributed by atoms with van der Waals surface area (Å²) in [4.78, 5) is 25.2. The van der Waals surface area contributed by atoms with Gasteiger partial charge in [-0.3, -0.25) is 14.9 Å². The van der Waals surface area contributed by atoms with E-state index in [2.05, 4.69) is 25.8 Å². The molecular formula is C7H7N7O3S2. The summed E-state index contributed by atoms with van der Waals surface area (Å²) >= 11 is 1.95. The van der Waals surface area contributed by atoms with Crippen LogP contribution in [-0.4, -0.2) is 41.8 Å². The van der Waals surface area contributed by atoms with Crippen LogP contribution < -0.4 is 5.32 Å². The third-order valence-electron chi connectivity index (χ3n) is 1.83. The van der Waals surface area contributed by atoms with Gasteiger partial charge in [-0.15, -0.1) is 5.10 Å². The first kappa shape index (κ1) is 13.4. The highest BCUT2D eigenvalue weighted by Crippen LogP contribution is 2.25. The fourth-order valence-corrected chi connectivity index (χ4v) is 2.34. The van der Waals surface area contributed by atoms with Gasteiger partial charge in [-0.05, 0) is 21.8 Å². The highest BCUT2D eigenvalue weighted by Gasteiger charge is 2.14. The number of aryl methyl sites for hydroxylation is 1. The number of nitrogens with one attached hydrogen (secondary N) is 1. The fourth-order valence-electron chi connectivity index (χ4n) is 1.04. The van der Waals surface area contributed by atoms with Gasteiger partial charge in [0.15, 0.2) is 5.13 Å². The molecule has 0 spiro atoms. The molecule has 10 nitrogen and oxygen atoms in total. The average molecular weight is 301 g/mol. The van der Waals surface area contributed by atoms with Gasteiger partial charge in [-0.2, -0.15) is 0 Å². The Morgan fingerprint density at radius 2 is 2.47 bits per heavy atom. The van der Waals surface area contributed by atoms with Crippen molar-refractivity contribution in [3.8, 4) is 0 Å². The number of aromatic nitrogens is 5. The quantitative estimate of drug-likeness (QED) is 0.474. The summed E-state index contributed by atoms with van der Waals surface area (Å²) in [5.74, 6) is -0.251. The topological polar surface area (TPSA) is 129 Å². The van der Waals surface area contributed by atoms with Gasteiger partial charge in [0, 0.05) is 7.05 Å². The van der Waals surface area contributed by atoms with Gasteiger partial charge in [0.2, 0.25) is 11.1 Å². The molecule has 0 unspecified atom stereocenters. The summed E-state index contributed by atoms with van der Waals surface area (Å²) in [6.07, 6.45) is 1.10. The van der Waals surface area contributed by atoms with Crippen LogP contribution in [0.3, 0.4) is 0 Å². The fraction of sp³-hybridized carbons (Fsp3) is 0.286. The predicted octanol–water partition coefficient (Wildman–Crippen LogP) is 0.306. The Labute approximate surface area is 114 Å². The van der Waals surface area contributed by atoms with Crippen molar-refractivity contribution in [3.05, 3.63) is 16.3 Å². The first-order valence-corrected chi connectivity index (χ1v) is 6.61. The number of thiazole rings is 1. The number of nitrogens with zero attached hydrogens (tertiary/aromatic N) is 6. The van der Waals surface area contributed by atoms with Crippen molar-refractivity contribution in [2.45, 2.75) is 5.16 Å². The van der Waals surface area contributed by atoms with Gasteiger partial charge in [-0.25, -0.2) is 9.67 Å². The predicted molar refractivity (Wildman–Crippen MR) is 66.9 cm³/mol. The molecule has 0 aliphatic heterocycles. The average Bonchev–Trinajstić information content (AvgIpc) is 2.96. The van der Waals surface area contributed by atoms with Crippen LogP contribution in [0.5, 0.6) is 0 Å². The molecule has 0 saturated heterocycles. The third-order valence-corrected chi connectivity index (χ3v) is 3.71. The lowest BCUT2D eigenvalue weighted by Crippen LogP contribution is -2.14. The van der Waals surface area contributed by atoms with E-state index >= 15 is 0 Å². The molecule has 0 aromatic carbocycles. The van der Waals surface area contributed by atoms with Crippen molar-refractivity contribution >= 4 is 39.1 Å². The standard InChI is InChI=1S/C7H7N7O3S2/c1-13-7(10-11-12-13)18-3-4(15)9-6-8-2-5(19-6)14(16)17/h2H,3H2,1H3,(H,8,9,15). The van der Waals surface area contributed by atoms with Crippen molar-refractivity contribution < 1.29 is 9.72 Å². The van der Waals surface area contributed by atoms with Crippen molar-refractivity contribution in [1.29, 1.82) is 0 Å². The van der Waals surface area contributed by atoms with E-state index in [1.807, 2.05) is 0 Å². The second kappa shape index (κ2) is 5.71. The zero-order valence-electron chi connectivity index (χ0n) is 9.51. The Morgan fingerprint density at radius 1 is 1.68 bits per heavy atom. The maximum absolute atomic E-state index is 11.6. The van der Waals surface area contributed by atoms with Crippen LogP contribution in [0.4, 0.5) is 10.1 Å². The lowest BCUT2D eigenvalue weighted by Gasteiger charge is -1.99. The number of nitro groups is 1. The van der Waals surface area contributed by atoms with Crippen molar-refractivity contribution in [1.82, 2.24) is 25.2 Å². The molecule has 0 fully saturated rings. The van der Waals surface area contributed by atoms with E-state index in [1.165, 1.54) is 4.68 Å². The zero-order chi connectivity index (χ0) is 13.8. The number of anilines is 1. The first-order valence-electron chi connectivity index (χ1n) is 4.81. The van der Waals surface area contributed by atoms with Gasteiger partial charge < -0.3 is 5.32 Å². The molecule has 0 saturated carbocycles. The summed E-state index contributed by atoms with van der Waals surface area (Å²) < 4.78 is 1.44. The minimum atomic E-state index is -0.562. The van der Waals surface area contributed by atoms with E-state index < -0.39 is 4.92 Å². The zero-order valence-corrected chi connectivity index (χ0v) is 11.1. The number of hydrogen-bond acceptors (Lipinski definition) is 9. The normalized spacial score (nSPS) is 10.4. The Kier molecular flexibility index (Phi) is 4.01. The Hall–Kier alpha value is -2.08. The molecular weight excluding hydrogens is 294 g/mol. The molecule has 100 valence electrons. The minimum absolute atomic E-state index is 0.0849. The van der Waals surface area contributed by atoms with E-state index in [1.54, 1.807) is 7.05 Å². The van der Waals surface area contributed by atoms with Gasteiger partial charge in [0.05, 0.1) is 10.7 Å². The molecule has 0 bridgehead atoms. The smallest absolute Gasteiger partial charge is 0.301 e. The molecule has 2 aromatic heterocycles. The summed E-state index contributed by atoms with van der Waals surface area (Å²) in [5, 5.41) is 24.2. The molecule has 12 heteroatoms. The second-order valence-corrected chi connectivity index (χ2v) is 5.13. The number of carbonyl (C=O) groups excluding carboxylic acids is 1. The van der Waals surface area contributed by atoms with Crippen molar-refractivity contribution in [2.75, 3.05) is 11.1 Å². The van der Waals surface area contributed by atoms with E-state index in [9.17, 15) is 14.9 Å². The van der Waals surface area contributed by atoms with Crippen LogP contribution in [0.1, 0.15) is 0 Å². The number of carbonyl (C=O) groups is 1.